The van der Waals surface area contributed by atoms with Crippen molar-refractivity contribution in [3.63, 3.8) is 0 Å². The predicted molar refractivity (Wildman–Crippen MR) is 72.3 cm³/mol. The first-order valence-electron chi connectivity index (χ1n) is 4.78. The van der Waals surface area contributed by atoms with Crippen LogP contribution in [0.4, 0.5) is 0 Å². The van der Waals surface area contributed by atoms with Crippen molar-refractivity contribution >= 4 is 29.2 Å². The highest BCUT2D eigenvalue weighted by Gasteiger charge is 2.04. The molecule has 0 aliphatic heterocycles. The van der Waals surface area contributed by atoms with Gasteiger partial charge in [-0.15, -0.1) is 0 Å². The molecule has 0 saturated carbocycles. The van der Waals surface area contributed by atoms with Crippen LogP contribution in [0.5, 0.6) is 0 Å². The van der Waals surface area contributed by atoms with E-state index in [2.05, 4.69) is 0 Å². The third kappa shape index (κ3) is 3.72. The molecule has 0 aromatic heterocycles. The van der Waals surface area contributed by atoms with Crippen LogP contribution in [-0.2, 0) is 0 Å². The molecule has 2 N–H and O–H groups in total. The van der Waals surface area contributed by atoms with E-state index in [0.29, 0.717) is 0 Å². The number of rotatable bonds is 1. The lowest BCUT2D eigenvalue weighted by atomic mass is 10.1. The van der Waals surface area contributed by atoms with Crippen molar-refractivity contribution in [3.8, 4) is 11.1 Å². The summed E-state index contributed by atoms with van der Waals surface area (Å²) in [5.74, 6) is 0. The van der Waals surface area contributed by atoms with Gasteiger partial charge in [-0.2, -0.15) is 0 Å². The molecular weight excluding hydrogens is 255 g/mol. The van der Waals surface area contributed by atoms with Crippen molar-refractivity contribution in [1.29, 1.82) is 10.8 Å². The molecular formula is C13H10Cl2N2. The molecule has 17 heavy (non-hydrogen) atoms. The fourth-order valence-corrected chi connectivity index (χ4v) is 1.83. The molecule has 2 aromatic carbocycles. The SMILES string of the molecule is Clc1ccccc1-c1ccccc1Cl.N=C=N. The van der Waals surface area contributed by atoms with Gasteiger partial charge in [0, 0.05) is 21.2 Å². The highest BCUT2D eigenvalue weighted by Crippen LogP contribution is 2.32. The molecule has 2 aromatic rings. The first-order chi connectivity index (χ1) is 8.20. The van der Waals surface area contributed by atoms with E-state index in [1.54, 1.807) is 0 Å². The Morgan fingerprint density at radius 1 is 0.706 bits per heavy atom. The molecule has 0 saturated heterocycles. The summed E-state index contributed by atoms with van der Waals surface area (Å²) in [6.45, 7) is 0. The van der Waals surface area contributed by atoms with Crippen LogP contribution in [0.2, 0.25) is 10.0 Å². The summed E-state index contributed by atoms with van der Waals surface area (Å²) in [6, 6.07) is 16.6. The van der Waals surface area contributed by atoms with E-state index in [1.807, 2.05) is 48.5 Å². The maximum absolute atomic E-state index is 6.07. The van der Waals surface area contributed by atoms with E-state index in [0.717, 1.165) is 21.2 Å². The van der Waals surface area contributed by atoms with Gasteiger partial charge in [-0.3, -0.25) is 0 Å². The second-order valence-electron chi connectivity index (χ2n) is 3.08. The monoisotopic (exact) mass is 264 g/mol. The summed E-state index contributed by atoms with van der Waals surface area (Å²) < 4.78 is 0. The minimum atomic E-state index is 0.723. The lowest BCUT2D eigenvalue weighted by Crippen LogP contribution is -1.79. The zero-order valence-corrected chi connectivity index (χ0v) is 10.4. The first-order valence-corrected chi connectivity index (χ1v) is 5.54. The van der Waals surface area contributed by atoms with Crippen molar-refractivity contribution < 1.29 is 0 Å². The lowest BCUT2D eigenvalue weighted by molar-refractivity contribution is 1.47. The van der Waals surface area contributed by atoms with Crippen molar-refractivity contribution in [1.82, 2.24) is 0 Å². The molecule has 0 radical (unpaired) electrons. The Bertz CT molecular complexity index is 489. The maximum Gasteiger partial charge on any atom is 0.0831 e. The Hall–Kier alpha value is -1.60. The van der Waals surface area contributed by atoms with E-state index < -0.39 is 0 Å². The first kappa shape index (κ1) is 13.5. The molecule has 86 valence electrons. The summed E-state index contributed by atoms with van der Waals surface area (Å²) in [6.07, 6.45) is 0. The molecule has 0 heterocycles. The van der Waals surface area contributed by atoms with E-state index in [-0.39, 0.29) is 0 Å². The van der Waals surface area contributed by atoms with Gasteiger partial charge >= 0.3 is 0 Å². The number of nitrogens with one attached hydrogen (secondary N) is 2. The molecule has 0 amide bonds. The summed E-state index contributed by atoms with van der Waals surface area (Å²) in [7, 11) is 0. The van der Waals surface area contributed by atoms with Crippen LogP contribution in [0.1, 0.15) is 0 Å². The number of hydrogen-bond donors (Lipinski definition) is 2. The zero-order chi connectivity index (χ0) is 12.7. The third-order valence-corrected chi connectivity index (χ3v) is 2.70. The van der Waals surface area contributed by atoms with E-state index in [1.165, 1.54) is 6.01 Å². The van der Waals surface area contributed by atoms with Gasteiger partial charge in [0.05, 0.1) is 6.01 Å². The fourth-order valence-electron chi connectivity index (χ4n) is 1.36. The van der Waals surface area contributed by atoms with Crippen molar-refractivity contribution in [3.05, 3.63) is 58.6 Å². The van der Waals surface area contributed by atoms with Crippen molar-refractivity contribution in [2.45, 2.75) is 0 Å². The third-order valence-electron chi connectivity index (χ3n) is 2.04. The van der Waals surface area contributed by atoms with Gasteiger partial charge in [-0.1, -0.05) is 59.6 Å². The summed E-state index contributed by atoms with van der Waals surface area (Å²) >= 11 is 12.1. The Labute approximate surface area is 110 Å². The van der Waals surface area contributed by atoms with Gasteiger partial charge in [0.1, 0.15) is 0 Å². The van der Waals surface area contributed by atoms with Gasteiger partial charge in [-0.05, 0) is 12.1 Å². The van der Waals surface area contributed by atoms with Crippen molar-refractivity contribution in [2.75, 3.05) is 0 Å². The molecule has 2 rings (SSSR count). The highest BCUT2D eigenvalue weighted by atomic mass is 35.5. The second kappa shape index (κ2) is 6.87. The van der Waals surface area contributed by atoms with E-state index >= 15 is 0 Å². The van der Waals surface area contributed by atoms with Crippen LogP contribution >= 0.6 is 23.2 Å². The van der Waals surface area contributed by atoms with Crippen LogP contribution in [-0.4, -0.2) is 6.01 Å². The number of halogens is 2. The van der Waals surface area contributed by atoms with Gasteiger partial charge in [0.2, 0.25) is 0 Å². The Morgan fingerprint density at radius 2 is 1.00 bits per heavy atom. The van der Waals surface area contributed by atoms with Crippen LogP contribution in [0, 0.1) is 10.8 Å². The molecule has 0 spiro atoms. The Kier molecular flexibility index (Phi) is 5.44. The Morgan fingerprint density at radius 3 is 1.29 bits per heavy atom. The Balaban J connectivity index is 0.000000437. The molecule has 0 aliphatic carbocycles. The van der Waals surface area contributed by atoms with Crippen LogP contribution in [0.25, 0.3) is 11.1 Å². The predicted octanol–water partition coefficient (Wildman–Crippen LogP) is 4.98. The van der Waals surface area contributed by atoms with Crippen LogP contribution in [0.3, 0.4) is 0 Å². The fraction of sp³-hybridized carbons (Fsp3) is 0. The average Bonchev–Trinajstić information content (AvgIpc) is 2.32. The summed E-state index contributed by atoms with van der Waals surface area (Å²) in [5, 5.41) is 12.7. The maximum atomic E-state index is 6.07. The largest absolute Gasteiger partial charge is 0.242 e. The molecule has 0 atom stereocenters. The van der Waals surface area contributed by atoms with Crippen molar-refractivity contribution in [2.24, 2.45) is 0 Å². The van der Waals surface area contributed by atoms with Gasteiger partial charge < -0.3 is 0 Å². The summed E-state index contributed by atoms with van der Waals surface area (Å²) in [5.41, 5.74) is 1.94. The molecule has 0 bridgehead atoms. The van der Waals surface area contributed by atoms with Gasteiger partial charge in [0.25, 0.3) is 0 Å². The molecule has 4 heteroatoms. The average molecular weight is 265 g/mol. The molecule has 0 fully saturated rings. The smallest absolute Gasteiger partial charge is 0.0831 e. The number of benzene rings is 2. The molecule has 0 unspecified atom stereocenters. The highest BCUT2D eigenvalue weighted by molar-refractivity contribution is 6.36. The second-order valence-corrected chi connectivity index (χ2v) is 3.90. The quantitative estimate of drug-likeness (QED) is 0.683. The normalized spacial score (nSPS) is 8.82. The minimum Gasteiger partial charge on any atom is -0.242 e. The van der Waals surface area contributed by atoms with E-state index in [9.17, 15) is 0 Å². The van der Waals surface area contributed by atoms with E-state index in [4.69, 9.17) is 34.0 Å². The van der Waals surface area contributed by atoms with Gasteiger partial charge in [-0.25, -0.2) is 10.8 Å². The lowest BCUT2D eigenvalue weighted by Gasteiger charge is -2.05. The van der Waals surface area contributed by atoms with Crippen LogP contribution in [0.15, 0.2) is 48.5 Å². The standard InChI is InChI=1S/C12H8Cl2.CH2N2/c13-11-7-3-1-5-9(11)10-6-2-4-8-12(10)14;2-1-3/h1-8H;2-3H. The minimum absolute atomic E-state index is 0.723. The topological polar surface area (TPSA) is 47.7 Å². The van der Waals surface area contributed by atoms with Crippen LogP contribution < -0.4 is 0 Å². The number of hydrogen-bond acceptors (Lipinski definition) is 2. The molecule has 0 aliphatic rings. The van der Waals surface area contributed by atoms with Gasteiger partial charge in [0.15, 0.2) is 0 Å². The zero-order valence-electron chi connectivity index (χ0n) is 8.87. The summed E-state index contributed by atoms with van der Waals surface area (Å²) in [4.78, 5) is 0. The molecule has 2 nitrogen and oxygen atoms in total.